The molecule has 1 aliphatic rings. The lowest BCUT2D eigenvalue weighted by atomic mass is 9.77. The Labute approximate surface area is 105 Å². The molecule has 2 N–H and O–H groups in total. The summed E-state index contributed by atoms with van der Waals surface area (Å²) in [5, 5.41) is 11.4. The Morgan fingerprint density at radius 3 is 2.83 bits per heavy atom. The van der Waals surface area contributed by atoms with Crippen LogP contribution in [0.15, 0.2) is 24.3 Å². The first-order valence-corrected chi connectivity index (χ1v) is 5.73. The number of benzene rings is 1. The predicted molar refractivity (Wildman–Crippen MR) is 64.3 cm³/mol. The first kappa shape index (κ1) is 12.6. The molecule has 18 heavy (non-hydrogen) atoms. The number of carboxylic acid groups (broad SMARTS) is 1. The number of ether oxygens (including phenoxy) is 1. The fourth-order valence-corrected chi connectivity index (χ4v) is 2.11. The SMILES string of the molecule is COCC(NC(=O)C1Cc2ccccc21)C(=O)O. The van der Waals surface area contributed by atoms with Crippen molar-refractivity contribution in [3.8, 4) is 0 Å². The number of aliphatic carboxylic acids is 1. The Hall–Kier alpha value is -1.88. The number of methoxy groups -OCH3 is 1. The molecule has 0 saturated carbocycles. The second kappa shape index (κ2) is 5.18. The van der Waals surface area contributed by atoms with Crippen LogP contribution in [0.25, 0.3) is 0 Å². The summed E-state index contributed by atoms with van der Waals surface area (Å²) in [6, 6.07) is 6.69. The Kier molecular flexibility index (Phi) is 3.62. The smallest absolute Gasteiger partial charge is 0.328 e. The van der Waals surface area contributed by atoms with Crippen molar-refractivity contribution >= 4 is 11.9 Å². The van der Waals surface area contributed by atoms with E-state index in [1.807, 2.05) is 24.3 Å². The van der Waals surface area contributed by atoms with Crippen LogP contribution in [0, 0.1) is 0 Å². The van der Waals surface area contributed by atoms with Crippen LogP contribution in [0.2, 0.25) is 0 Å². The van der Waals surface area contributed by atoms with E-state index in [0.717, 1.165) is 11.1 Å². The maximum Gasteiger partial charge on any atom is 0.328 e. The van der Waals surface area contributed by atoms with E-state index in [1.165, 1.54) is 7.11 Å². The third-order valence-electron chi connectivity index (χ3n) is 3.12. The van der Waals surface area contributed by atoms with Crippen LogP contribution in [0.3, 0.4) is 0 Å². The average Bonchev–Trinajstić information content (AvgIpc) is 2.30. The number of carbonyl (C=O) groups excluding carboxylic acids is 1. The molecule has 2 rings (SSSR count). The molecule has 0 saturated heterocycles. The Morgan fingerprint density at radius 2 is 2.22 bits per heavy atom. The standard InChI is InChI=1S/C13H15NO4/c1-18-7-11(13(16)17)14-12(15)10-6-8-4-2-3-5-9(8)10/h2-5,10-11H,6-7H2,1H3,(H,14,15)(H,16,17). The summed E-state index contributed by atoms with van der Waals surface area (Å²) in [6.07, 6.45) is 0.668. The molecule has 0 spiro atoms. The van der Waals surface area contributed by atoms with Gasteiger partial charge in [-0.3, -0.25) is 4.79 Å². The minimum atomic E-state index is -1.09. The van der Waals surface area contributed by atoms with Gasteiger partial charge in [0.05, 0.1) is 12.5 Å². The van der Waals surface area contributed by atoms with E-state index < -0.39 is 12.0 Å². The summed E-state index contributed by atoms with van der Waals surface area (Å²) in [6.45, 7) is -0.0323. The van der Waals surface area contributed by atoms with Gasteiger partial charge >= 0.3 is 5.97 Å². The Balaban J connectivity index is 2.00. The summed E-state index contributed by atoms with van der Waals surface area (Å²) in [4.78, 5) is 22.9. The highest BCUT2D eigenvalue weighted by Crippen LogP contribution is 2.34. The van der Waals surface area contributed by atoms with Gasteiger partial charge in [0.2, 0.25) is 5.91 Å². The van der Waals surface area contributed by atoms with E-state index in [2.05, 4.69) is 5.32 Å². The van der Waals surface area contributed by atoms with Gasteiger partial charge in [0.25, 0.3) is 0 Å². The van der Waals surface area contributed by atoms with Gasteiger partial charge in [-0.15, -0.1) is 0 Å². The van der Waals surface area contributed by atoms with Crippen LogP contribution >= 0.6 is 0 Å². The first-order chi connectivity index (χ1) is 8.63. The van der Waals surface area contributed by atoms with Crippen LogP contribution in [0.5, 0.6) is 0 Å². The Morgan fingerprint density at radius 1 is 1.50 bits per heavy atom. The number of carbonyl (C=O) groups is 2. The van der Waals surface area contributed by atoms with Gasteiger partial charge in [-0.25, -0.2) is 4.79 Å². The monoisotopic (exact) mass is 249 g/mol. The number of hydrogen-bond donors (Lipinski definition) is 2. The number of amides is 1. The Bertz CT molecular complexity index is 472. The number of fused-ring (bicyclic) bond motifs is 1. The zero-order valence-electron chi connectivity index (χ0n) is 10.1. The van der Waals surface area contributed by atoms with Gasteiger partial charge in [0.15, 0.2) is 6.04 Å². The molecule has 1 aliphatic carbocycles. The van der Waals surface area contributed by atoms with Crippen LogP contribution in [-0.4, -0.2) is 36.7 Å². The van der Waals surface area contributed by atoms with Crippen molar-refractivity contribution < 1.29 is 19.4 Å². The van der Waals surface area contributed by atoms with Crippen molar-refractivity contribution in [1.29, 1.82) is 0 Å². The minimum absolute atomic E-state index is 0.0323. The maximum absolute atomic E-state index is 11.9. The molecule has 0 heterocycles. The zero-order valence-corrected chi connectivity index (χ0v) is 10.1. The highest BCUT2D eigenvalue weighted by Gasteiger charge is 2.33. The van der Waals surface area contributed by atoms with E-state index >= 15 is 0 Å². The molecule has 0 radical (unpaired) electrons. The molecule has 2 unspecified atom stereocenters. The average molecular weight is 249 g/mol. The fourth-order valence-electron chi connectivity index (χ4n) is 2.11. The van der Waals surface area contributed by atoms with Crippen LogP contribution in [0.1, 0.15) is 17.0 Å². The van der Waals surface area contributed by atoms with Crippen molar-refractivity contribution in [3.63, 3.8) is 0 Å². The molecule has 0 bridgehead atoms. The lowest BCUT2D eigenvalue weighted by Gasteiger charge is -2.29. The van der Waals surface area contributed by atoms with E-state index in [1.54, 1.807) is 0 Å². The van der Waals surface area contributed by atoms with Crippen molar-refractivity contribution in [2.24, 2.45) is 0 Å². The van der Waals surface area contributed by atoms with Crippen LogP contribution in [-0.2, 0) is 20.7 Å². The third-order valence-corrected chi connectivity index (χ3v) is 3.12. The third kappa shape index (κ3) is 2.36. The maximum atomic E-state index is 11.9. The molecule has 5 heteroatoms. The van der Waals surface area contributed by atoms with Gasteiger partial charge in [0, 0.05) is 7.11 Å². The van der Waals surface area contributed by atoms with Crippen LogP contribution in [0.4, 0.5) is 0 Å². The number of hydrogen-bond acceptors (Lipinski definition) is 3. The second-order valence-corrected chi connectivity index (χ2v) is 4.31. The van der Waals surface area contributed by atoms with E-state index in [0.29, 0.717) is 6.42 Å². The van der Waals surface area contributed by atoms with Crippen molar-refractivity contribution in [2.45, 2.75) is 18.4 Å². The van der Waals surface area contributed by atoms with Crippen molar-refractivity contribution in [1.82, 2.24) is 5.32 Å². The molecule has 0 aliphatic heterocycles. The predicted octanol–water partition coefficient (Wildman–Crippen LogP) is 0.542. The molecule has 5 nitrogen and oxygen atoms in total. The molecular formula is C13H15NO4. The quantitative estimate of drug-likeness (QED) is 0.798. The summed E-state index contributed by atoms with van der Waals surface area (Å²) < 4.78 is 4.77. The van der Waals surface area contributed by atoms with E-state index in [9.17, 15) is 9.59 Å². The van der Waals surface area contributed by atoms with Gasteiger partial charge < -0.3 is 15.2 Å². The van der Waals surface area contributed by atoms with Gasteiger partial charge in [-0.2, -0.15) is 0 Å². The van der Waals surface area contributed by atoms with Crippen molar-refractivity contribution in [2.75, 3.05) is 13.7 Å². The summed E-state index contributed by atoms with van der Waals surface area (Å²) in [7, 11) is 1.40. The topological polar surface area (TPSA) is 75.6 Å². The highest BCUT2D eigenvalue weighted by atomic mass is 16.5. The normalized spacial score (nSPS) is 18.4. The number of nitrogens with one attached hydrogen (secondary N) is 1. The van der Waals surface area contributed by atoms with Gasteiger partial charge in [0.1, 0.15) is 0 Å². The number of carboxylic acids is 1. The molecule has 1 aromatic carbocycles. The molecular weight excluding hydrogens is 234 g/mol. The van der Waals surface area contributed by atoms with Crippen molar-refractivity contribution in [3.05, 3.63) is 35.4 Å². The highest BCUT2D eigenvalue weighted by molar-refractivity contribution is 5.90. The fraction of sp³-hybridized carbons (Fsp3) is 0.385. The molecule has 1 amide bonds. The molecule has 0 fully saturated rings. The van der Waals surface area contributed by atoms with Gasteiger partial charge in [-0.05, 0) is 17.5 Å². The lowest BCUT2D eigenvalue weighted by molar-refractivity contribution is -0.143. The summed E-state index contributed by atoms with van der Waals surface area (Å²) in [5.74, 6) is -1.57. The molecule has 1 aromatic rings. The zero-order chi connectivity index (χ0) is 13.1. The minimum Gasteiger partial charge on any atom is -0.480 e. The second-order valence-electron chi connectivity index (χ2n) is 4.31. The largest absolute Gasteiger partial charge is 0.480 e. The molecule has 2 atom stereocenters. The summed E-state index contributed by atoms with van der Waals surface area (Å²) >= 11 is 0. The number of rotatable bonds is 5. The lowest BCUT2D eigenvalue weighted by Crippen LogP contribution is -2.47. The summed E-state index contributed by atoms with van der Waals surface area (Å²) in [5.41, 5.74) is 2.13. The van der Waals surface area contributed by atoms with Gasteiger partial charge in [-0.1, -0.05) is 24.3 Å². The molecule has 0 aromatic heterocycles. The van der Waals surface area contributed by atoms with Crippen LogP contribution < -0.4 is 5.32 Å². The first-order valence-electron chi connectivity index (χ1n) is 5.73. The van der Waals surface area contributed by atoms with E-state index in [-0.39, 0.29) is 18.4 Å². The van der Waals surface area contributed by atoms with E-state index in [4.69, 9.17) is 9.84 Å². The molecule has 96 valence electrons.